The van der Waals surface area contributed by atoms with Crippen LogP contribution in [0.5, 0.6) is 0 Å². The van der Waals surface area contributed by atoms with Gasteiger partial charge in [0.2, 0.25) is 0 Å². The lowest BCUT2D eigenvalue weighted by Gasteiger charge is -1.96. The summed E-state index contributed by atoms with van der Waals surface area (Å²) in [4.78, 5) is 0. The molecule has 1 aliphatic heterocycles. The molecule has 0 amide bonds. The predicted octanol–water partition coefficient (Wildman–Crippen LogP) is 1.50. The third-order valence-electron chi connectivity index (χ3n) is 1.57. The van der Waals surface area contributed by atoms with Gasteiger partial charge in [0.15, 0.2) is 0 Å². The number of fused-ring (bicyclic) bond motifs is 1. The molecule has 1 aromatic rings. The molecule has 0 fully saturated rings. The average molecular weight is 137 g/mol. The Hall–Kier alpha value is -1.22. The first-order valence-electron chi connectivity index (χ1n) is 3.24. The molecule has 0 atom stereocenters. The molecule has 1 aliphatic rings. The van der Waals surface area contributed by atoms with Crippen LogP contribution in [-0.4, -0.2) is 0 Å². The molecule has 0 saturated heterocycles. The summed E-state index contributed by atoms with van der Waals surface area (Å²) in [7, 11) is 0. The molecule has 3 N–H and O–H groups in total. The summed E-state index contributed by atoms with van der Waals surface area (Å²) in [6.07, 6.45) is 0. The highest BCUT2D eigenvalue weighted by Gasteiger charge is 2.06. The van der Waals surface area contributed by atoms with Crippen LogP contribution < -0.4 is 16.4 Å². The van der Waals surface area contributed by atoms with Crippen molar-refractivity contribution in [2.24, 2.45) is 0 Å². The van der Waals surface area contributed by atoms with Gasteiger partial charge in [0.05, 0.1) is 11.4 Å². The minimum Gasteiger partial charge on any atom is -0.302 e. The molecule has 0 bridgehead atoms. The Morgan fingerprint density at radius 2 is 2.00 bits per heavy atom. The molecular formula is C7H11N3. The van der Waals surface area contributed by atoms with Crippen molar-refractivity contribution >= 4 is 11.4 Å². The van der Waals surface area contributed by atoms with E-state index in [0.717, 1.165) is 11.4 Å². The van der Waals surface area contributed by atoms with Crippen LogP contribution in [0.3, 0.4) is 0 Å². The molecule has 3 nitrogen and oxygen atoms in total. The molecule has 0 radical (unpaired) electrons. The van der Waals surface area contributed by atoms with Crippen molar-refractivity contribution in [1.82, 2.24) is 5.53 Å². The van der Waals surface area contributed by atoms with Gasteiger partial charge >= 0.3 is 0 Å². The van der Waals surface area contributed by atoms with Gasteiger partial charge < -0.3 is 10.9 Å². The normalized spacial score (nSPS) is 13.7. The van der Waals surface area contributed by atoms with Crippen LogP contribution >= 0.6 is 0 Å². The van der Waals surface area contributed by atoms with Crippen molar-refractivity contribution in [2.75, 3.05) is 10.9 Å². The van der Waals surface area contributed by atoms with Crippen LogP contribution in [0.25, 0.3) is 0 Å². The first-order valence-corrected chi connectivity index (χ1v) is 3.24. The summed E-state index contributed by atoms with van der Waals surface area (Å²) in [5.41, 5.74) is 12.2. The van der Waals surface area contributed by atoms with Crippen LogP contribution in [0.2, 0.25) is 0 Å². The van der Waals surface area contributed by atoms with Crippen LogP contribution in [0.1, 0.15) is 6.99 Å². The van der Waals surface area contributed by atoms with E-state index in [1.807, 2.05) is 6.07 Å². The summed E-state index contributed by atoms with van der Waals surface area (Å²) in [6.45, 7) is 2.07. The monoisotopic (exact) mass is 137 g/mol. The van der Waals surface area contributed by atoms with Gasteiger partial charge in [-0.25, -0.2) is 0 Å². The maximum atomic E-state index is 2.98. The van der Waals surface area contributed by atoms with Crippen LogP contribution in [0, 0.1) is 6.92 Å². The largest absolute Gasteiger partial charge is 0.302 e. The molecule has 2 rings (SSSR count). The SMILES string of the molecule is Cc1ccc2c(c1)NNN2.[HH]. The summed E-state index contributed by atoms with van der Waals surface area (Å²) in [5, 5.41) is 0. The fourth-order valence-corrected chi connectivity index (χ4v) is 1.04. The van der Waals surface area contributed by atoms with Crippen LogP contribution in [-0.2, 0) is 0 Å². The summed E-state index contributed by atoms with van der Waals surface area (Å²) >= 11 is 0. The van der Waals surface area contributed by atoms with Crippen LogP contribution in [0.15, 0.2) is 18.2 Å². The van der Waals surface area contributed by atoms with Gasteiger partial charge in [0, 0.05) is 1.43 Å². The second-order valence-corrected chi connectivity index (χ2v) is 2.42. The first kappa shape index (κ1) is 5.56. The Bertz CT molecular complexity index is 262. The van der Waals surface area contributed by atoms with E-state index >= 15 is 0 Å². The Kier molecular flexibility index (Phi) is 1.05. The fraction of sp³-hybridized carbons (Fsp3) is 0.143. The maximum Gasteiger partial charge on any atom is 0.0753 e. The highest BCUT2D eigenvalue weighted by Crippen LogP contribution is 2.24. The minimum atomic E-state index is 0. The van der Waals surface area contributed by atoms with Crippen molar-refractivity contribution in [3.05, 3.63) is 23.8 Å². The lowest BCUT2D eigenvalue weighted by molar-refractivity contribution is 1.01. The second-order valence-electron chi connectivity index (χ2n) is 2.42. The Morgan fingerprint density at radius 1 is 1.20 bits per heavy atom. The fourth-order valence-electron chi connectivity index (χ4n) is 1.04. The predicted molar refractivity (Wildman–Crippen MR) is 43.7 cm³/mol. The second kappa shape index (κ2) is 1.88. The van der Waals surface area contributed by atoms with Crippen molar-refractivity contribution in [2.45, 2.75) is 6.92 Å². The molecular weight excluding hydrogens is 126 g/mol. The van der Waals surface area contributed by atoms with Crippen molar-refractivity contribution in [3.8, 4) is 0 Å². The van der Waals surface area contributed by atoms with E-state index in [1.54, 1.807) is 0 Å². The van der Waals surface area contributed by atoms with E-state index in [9.17, 15) is 0 Å². The van der Waals surface area contributed by atoms with Crippen LogP contribution in [0.4, 0.5) is 11.4 Å². The molecule has 0 saturated carbocycles. The van der Waals surface area contributed by atoms with Gasteiger partial charge in [-0.3, -0.25) is 0 Å². The van der Waals surface area contributed by atoms with Gasteiger partial charge in [-0.2, -0.15) is 0 Å². The Balaban J connectivity index is 0.000000605. The standard InChI is InChI=1S/C7H9N3.H2/c1-5-2-3-6-7(4-5)9-10-8-6;/h2-4,8-10H,1H3;1H. The molecule has 54 valence electrons. The van der Waals surface area contributed by atoms with E-state index in [-0.39, 0.29) is 1.43 Å². The number of hydrogen-bond donors (Lipinski definition) is 3. The average Bonchev–Trinajstić information content (AvgIpc) is 2.33. The van der Waals surface area contributed by atoms with E-state index in [4.69, 9.17) is 0 Å². The zero-order chi connectivity index (χ0) is 6.97. The zero-order valence-electron chi connectivity index (χ0n) is 5.73. The quantitative estimate of drug-likeness (QED) is 0.507. The topological polar surface area (TPSA) is 36.1 Å². The number of aryl methyl sites for hydroxylation is 1. The highest BCUT2D eigenvalue weighted by molar-refractivity contribution is 5.72. The van der Waals surface area contributed by atoms with Gasteiger partial charge in [-0.05, 0) is 24.6 Å². The van der Waals surface area contributed by atoms with Crippen molar-refractivity contribution in [3.63, 3.8) is 0 Å². The van der Waals surface area contributed by atoms with E-state index in [1.165, 1.54) is 5.56 Å². The number of benzene rings is 1. The van der Waals surface area contributed by atoms with Crippen molar-refractivity contribution < 1.29 is 1.43 Å². The number of hydrogen-bond acceptors (Lipinski definition) is 3. The highest BCUT2D eigenvalue weighted by atomic mass is 15.6. The summed E-state index contributed by atoms with van der Waals surface area (Å²) in [5.74, 6) is 0. The van der Waals surface area contributed by atoms with Gasteiger partial charge in [-0.1, -0.05) is 6.07 Å². The molecule has 3 heteroatoms. The Morgan fingerprint density at radius 3 is 2.90 bits per heavy atom. The lowest BCUT2D eigenvalue weighted by Crippen LogP contribution is -2.19. The number of hydrazine groups is 2. The van der Waals surface area contributed by atoms with Gasteiger partial charge in [0.25, 0.3) is 0 Å². The molecule has 0 spiro atoms. The van der Waals surface area contributed by atoms with Gasteiger partial charge in [-0.15, -0.1) is 5.53 Å². The number of anilines is 2. The minimum absolute atomic E-state index is 0. The molecule has 0 aliphatic carbocycles. The third kappa shape index (κ3) is 0.717. The summed E-state index contributed by atoms with van der Waals surface area (Å²) < 4.78 is 0. The lowest BCUT2D eigenvalue weighted by atomic mass is 10.2. The van der Waals surface area contributed by atoms with E-state index in [0.29, 0.717) is 0 Å². The maximum absolute atomic E-state index is 2.98. The van der Waals surface area contributed by atoms with E-state index < -0.39 is 0 Å². The number of nitrogens with one attached hydrogen (secondary N) is 3. The molecule has 1 aromatic carbocycles. The van der Waals surface area contributed by atoms with Crippen molar-refractivity contribution in [1.29, 1.82) is 0 Å². The first-order chi connectivity index (χ1) is 4.86. The summed E-state index contributed by atoms with van der Waals surface area (Å²) in [6, 6.07) is 6.19. The molecule has 0 unspecified atom stereocenters. The molecule has 1 heterocycles. The van der Waals surface area contributed by atoms with E-state index in [2.05, 4.69) is 35.4 Å². The molecule has 10 heavy (non-hydrogen) atoms. The number of rotatable bonds is 0. The third-order valence-corrected chi connectivity index (χ3v) is 1.57. The Labute approximate surface area is 60.9 Å². The smallest absolute Gasteiger partial charge is 0.0753 e. The zero-order valence-corrected chi connectivity index (χ0v) is 5.73. The van der Waals surface area contributed by atoms with Gasteiger partial charge in [0.1, 0.15) is 0 Å². The molecule has 0 aromatic heterocycles.